The number of carbonyl (C=O) groups is 3. The molecule has 2 saturated heterocycles. The predicted octanol–water partition coefficient (Wildman–Crippen LogP) is 4.85. The number of fused-ring (bicyclic) bond motifs is 1. The van der Waals surface area contributed by atoms with E-state index in [9.17, 15) is 19.2 Å². The van der Waals surface area contributed by atoms with E-state index in [2.05, 4.69) is 41.3 Å². The first-order valence-corrected chi connectivity index (χ1v) is 17.7. The average Bonchev–Trinajstić information content (AvgIpc) is 3.72. The van der Waals surface area contributed by atoms with Gasteiger partial charge in [0.1, 0.15) is 23.2 Å². The SMILES string of the molecule is CC(C)(C)OC(=O)/C=C/c1c(N2CCC[C@@H](OC(=O)NCCN3CCCC3)C2)nc2cc(C(=O)Nc3nc(C(C)(C)C)cs3)ccn2c1=O. The van der Waals surface area contributed by atoms with E-state index in [0.29, 0.717) is 49.0 Å². The van der Waals surface area contributed by atoms with Gasteiger partial charge >= 0.3 is 12.1 Å². The van der Waals surface area contributed by atoms with Gasteiger partial charge in [0.15, 0.2) is 5.13 Å². The van der Waals surface area contributed by atoms with E-state index in [1.54, 1.807) is 26.8 Å². The van der Waals surface area contributed by atoms with Gasteiger partial charge in [0.2, 0.25) is 0 Å². The fourth-order valence-electron chi connectivity index (χ4n) is 5.74. The van der Waals surface area contributed by atoms with Crippen LogP contribution >= 0.6 is 11.3 Å². The first-order chi connectivity index (χ1) is 23.2. The number of nitrogens with one attached hydrogen (secondary N) is 2. The number of pyridine rings is 1. The van der Waals surface area contributed by atoms with Gasteiger partial charge in [-0.2, -0.15) is 0 Å². The molecule has 5 rings (SSSR count). The Balaban J connectivity index is 1.39. The summed E-state index contributed by atoms with van der Waals surface area (Å²) in [7, 11) is 0. The van der Waals surface area contributed by atoms with E-state index in [1.807, 2.05) is 10.3 Å². The fourth-order valence-corrected chi connectivity index (χ4v) is 6.67. The van der Waals surface area contributed by atoms with Crippen molar-refractivity contribution in [3.05, 3.63) is 57.0 Å². The highest BCUT2D eigenvalue weighted by Crippen LogP contribution is 2.27. The summed E-state index contributed by atoms with van der Waals surface area (Å²) in [5.74, 6) is -0.665. The molecule has 2 N–H and O–H groups in total. The van der Waals surface area contributed by atoms with Crippen LogP contribution in [0.2, 0.25) is 0 Å². The topological polar surface area (TPSA) is 147 Å². The first-order valence-electron chi connectivity index (χ1n) is 16.8. The van der Waals surface area contributed by atoms with Crippen LogP contribution in [0.4, 0.5) is 15.7 Å². The molecule has 264 valence electrons. The number of piperidine rings is 1. The van der Waals surface area contributed by atoms with Crippen molar-refractivity contribution in [1.82, 2.24) is 24.6 Å². The Hall–Kier alpha value is -4.30. The minimum Gasteiger partial charge on any atom is -0.457 e. The third-order valence-corrected chi connectivity index (χ3v) is 9.00. The molecule has 0 radical (unpaired) electrons. The van der Waals surface area contributed by atoms with Crippen molar-refractivity contribution in [1.29, 1.82) is 0 Å². The van der Waals surface area contributed by atoms with E-state index < -0.39 is 29.3 Å². The lowest BCUT2D eigenvalue weighted by Gasteiger charge is -2.34. The Bertz CT molecular complexity index is 1760. The van der Waals surface area contributed by atoms with E-state index in [0.717, 1.165) is 25.3 Å². The molecule has 2 aliphatic heterocycles. The Morgan fingerprint density at radius 3 is 2.51 bits per heavy atom. The Kier molecular flexibility index (Phi) is 11.1. The van der Waals surface area contributed by atoms with E-state index in [4.69, 9.17) is 14.5 Å². The summed E-state index contributed by atoms with van der Waals surface area (Å²) >= 11 is 1.35. The van der Waals surface area contributed by atoms with Crippen LogP contribution in [0.5, 0.6) is 0 Å². The second kappa shape index (κ2) is 15.1. The van der Waals surface area contributed by atoms with Crippen molar-refractivity contribution in [3.8, 4) is 0 Å². The monoisotopic (exact) mass is 693 g/mol. The Labute approximate surface area is 290 Å². The highest BCUT2D eigenvalue weighted by molar-refractivity contribution is 7.14. The summed E-state index contributed by atoms with van der Waals surface area (Å²) in [6.07, 6.45) is 6.92. The summed E-state index contributed by atoms with van der Waals surface area (Å²) in [5.41, 5.74) is 0.302. The number of hydrogen-bond donors (Lipinski definition) is 2. The molecular formula is C35H47N7O6S. The third-order valence-electron chi connectivity index (χ3n) is 8.24. The van der Waals surface area contributed by atoms with Crippen molar-refractivity contribution >= 4 is 52.0 Å². The molecule has 14 heteroatoms. The lowest BCUT2D eigenvalue weighted by atomic mass is 9.93. The number of ether oxygens (including phenoxy) is 2. The molecule has 0 bridgehead atoms. The largest absolute Gasteiger partial charge is 0.457 e. The third kappa shape index (κ3) is 9.66. The molecule has 0 saturated carbocycles. The number of esters is 1. The van der Waals surface area contributed by atoms with Gasteiger partial charge in [-0.1, -0.05) is 20.8 Å². The molecule has 49 heavy (non-hydrogen) atoms. The molecule has 2 aliphatic rings. The normalized spacial score (nSPS) is 17.4. The van der Waals surface area contributed by atoms with Crippen LogP contribution in [0.15, 0.2) is 34.6 Å². The molecule has 0 aromatic carbocycles. The summed E-state index contributed by atoms with van der Waals surface area (Å²) in [6.45, 7) is 15.7. The van der Waals surface area contributed by atoms with Gasteiger partial charge in [0.05, 0.1) is 17.8 Å². The molecule has 2 amide bonds. The van der Waals surface area contributed by atoms with Crippen molar-refractivity contribution in [2.24, 2.45) is 0 Å². The zero-order valence-corrected chi connectivity index (χ0v) is 30.0. The second-order valence-electron chi connectivity index (χ2n) is 14.5. The maximum atomic E-state index is 13.9. The number of thiazole rings is 1. The average molecular weight is 694 g/mol. The zero-order valence-electron chi connectivity index (χ0n) is 29.2. The molecule has 0 aliphatic carbocycles. The molecule has 13 nitrogen and oxygen atoms in total. The fraction of sp³-hybridized carbons (Fsp3) is 0.543. The number of hydrogen-bond acceptors (Lipinski definition) is 11. The maximum Gasteiger partial charge on any atom is 0.407 e. The number of rotatable bonds is 9. The van der Waals surface area contributed by atoms with Crippen molar-refractivity contribution in [2.75, 3.05) is 49.5 Å². The number of anilines is 2. The van der Waals surface area contributed by atoms with Crippen LogP contribution in [0, 0.1) is 0 Å². The molecule has 1 atom stereocenters. The molecule has 0 unspecified atom stereocenters. The van der Waals surface area contributed by atoms with Crippen LogP contribution in [0.3, 0.4) is 0 Å². The summed E-state index contributed by atoms with van der Waals surface area (Å²) in [4.78, 5) is 66.0. The van der Waals surface area contributed by atoms with E-state index >= 15 is 0 Å². The zero-order chi connectivity index (χ0) is 35.3. The summed E-state index contributed by atoms with van der Waals surface area (Å²) in [5, 5.41) is 8.10. The van der Waals surface area contributed by atoms with Crippen molar-refractivity contribution < 1.29 is 23.9 Å². The van der Waals surface area contributed by atoms with E-state index in [-0.39, 0.29) is 22.5 Å². The quantitative estimate of drug-likeness (QED) is 0.236. The van der Waals surface area contributed by atoms with Gasteiger partial charge < -0.3 is 24.6 Å². The van der Waals surface area contributed by atoms with Crippen LogP contribution < -0.4 is 21.1 Å². The standard InChI is InChI=1S/C35H47N7O6S/c1-34(2,3)26-22-49-32(37-26)39-30(44)23-13-18-42-27(20-23)38-29(25(31(42)45)11-12-28(43)48-35(4,5)6)41-17-9-10-24(21-41)47-33(46)36-14-19-40-15-7-8-16-40/h11-13,18,20,22,24H,7-10,14-17,19,21H2,1-6H3,(H,36,46)(H,37,39,44)/b12-11+/t24-/m1/s1. The lowest BCUT2D eigenvalue weighted by Crippen LogP contribution is -2.44. The lowest BCUT2D eigenvalue weighted by molar-refractivity contribution is -0.148. The molecular weight excluding hydrogens is 646 g/mol. The molecule has 3 aromatic heterocycles. The molecule has 3 aromatic rings. The van der Waals surface area contributed by atoms with Gasteiger partial charge in [0, 0.05) is 48.3 Å². The summed E-state index contributed by atoms with van der Waals surface area (Å²) < 4.78 is 12.5. The number of carbonyl (C=O) groups excluding carboxylic acids is 3. The second-order valence-corrected chi connectivity index (χ2v) is 15.4. The minimum atomic E-state index is -0.711. The van der Waals surface area contributed by atoms with E-state index in [1.165, 1.54) is 53.0 Å². The van der Waals surface area contributed by atoms with Crippen molar-refractivity contribution in [3.63, 3.8) is 0 Å². The molecule has 0 spiro atoms. The number of nitrogens with zero attached hydrogens (tertiary/aromatic N) is 5. The van der Waals surface area contributed by atoms with Gasteiger partial charge in [0.25, 0.3) is 11.5 Å². The minimum absolute atomic E-state index is 0.158. The van der Waals surface area contributed by atoms with Crippen LogP contribution in [0.25, 0.3) is 11.7 Å². The molecule has 2 fully saturated rings. The Morgan fingerprint density at radius 2 is 1.82 bits per heavy atom. The predicted molar refractivity (Wildman–Crippen MR) is 191 cm³/mol. The van der Waals surface area contributed by atoms with Gasteiger partial charge in [-0.15, -0.1) is 11.3 Å². The molecule has 5 heterocycles. The number of alkyl carbamates (subject to hydrolysis) is 1. The van der Waals surface area contributed by atoms with Crippen LogP contribution in [-0.2, 0) is 19.7 Å². The maximum absolute atomic E-state index is 13.9. The Morgan fingerprint density at radius 1 is 1.06 bits per heavy atom. The number of aromatic nitrogens is 3. The van der Waals surface area contributed by atoms with Crippen molar-refractivity contribution in [2.45, 2.75) is 84.3 Å². The highest BCUT2D eigenvalue weighted by Gasteiger charge is 2.28. The number of likely N-dealkylation sites (tertiary alicyclic amines) is 1. The first kappa shape index (κ1) is 36.0. The summed E-state index contributed by atoms with van der Waals surface area (Å²) in [6, 6.07) is 3.09. The van der Waals surface area contributed by atoms with Crippen LogP contribution in [0.1, 0.15) is 88.8 Å². The smallest absolute Gasteiger partial charge is 0.407 e. The highest BCUT2D eigenvalue weighted by atomic mass is 32.1. The van der Waals surface area contributed by atoms with Gasteiger partial charge in [-0.25, -0.2) is 19.6 Å². The number of amides is 2. The van der Waals surface area contributed by atoms with Gasteiger partial charge in [-0.3, -0.25) is 19.3 Å². The van der Waals surface area contributed by atoms with Crippen LogP contribution in [-0.4, -0.2) is 88.2 Å². The van der Waals surface area contributed by atoms with Gasteiger partial charge in [-0.05, 0) is 77.8 Å².